The third-order valence-electron chi connectivity index (χ3n) is 3.44. The first-order chi connectivity index (χ1) is 12.2. The molecule has 132 valence electrons. The molecule has 0 fully saturated rings. The van der Waals surface area contributed by atoms with Crippen molar-refractivity contribution in [3.8, 4) is 5.75 Å². The summed E-state index contributed by atoms with van der Waals surface area (Å²) in [5.74, 6) is 1.34. The van der Waals surface area contributed by atoms with Crippen molar-refractivity contribution >= 4 is 11.9 Å². The molecule has 1 aromatic heterocycles. The van der Waals surface area contributed by atoms with E-state index in [1.54, 1.807) is 32.5 Å². The summed E-state index contributed by atoms with van der Waals surface area (Å²) in [5.41, 5.74) is 1.63. The van der Waals surface area contributed by atoms with Crippen LogP contribution in [0.25, 0.3) is 0 Å². The molecule has 1 aromatic carbocycles. The fourth-order valence-electron chi connectivity index (χ4n) is 2.14. The summed E-state index contributed by atoms with van der Waals surface area (Å²) in [6.07, 6.45) is 3.17. The van der Waals surface area contributed by atoms with E-state index in [-0.39, 0.29) is 5.91 Å². The van der Waals surface area contributed by atoms with E-state index < -0.39 is 0 Å². The minimum Gasteiger partial charge on any atom is -0.497 e. The molecule has 1 heterocycles. The van der Waals surface area contributed by atoms with Crippen molar-refractivity contribution in [2.45, 2.75) is 6.54 Å². The predicted octanol–water partition coefficient (Wildman–Crippen LogP) is 1.19. The number of nitrogens with zero attached hydrogens (tertiary/aromatic N) is 2. The van der Waals surface area contributed by atoms with Crippen molar-refractivity contribution in [1.82, 2.24) is 20.9 Å². The summed E-state index contributed by atoms with van der Waals surface area (Å²) in [7, 11) is 3.35. The van der Waals surface area contributed by atoms with Gasteiger partial charge in [-0.2, -0.15) is 0 Å². The zero-order valence-electron chi connectivity index (χ0n) is 14.5. The largest absolute Gasteiger partial charge is 0.497 e. The number of carbonyl (C=O) groups excluding carboxylic acids is 1. The van der Waals surface area contributed by atoms with Gasteiger partial charge in [0.05, 0.1) is 12.7 Å². The quantitative estimate of drug-likeness (QED) is 0.400. The van der Waals surface area contributed by atoms with Gasteiger partial charge in [0.15, 0.2) is 5.96 Å². The second-order valence-corrected chi connectivity index (χ2v) is 5.20. The normalized spacial score (nSPS) is 10.9. The number of amides is 1. The van der Waals surface area contributed by atoms with Gasteiger partial charge in [-0.1, -0.05) is 12.1 Å². The molecule has 7 nitrogen and oxygen atoms in total. The average Bonchev–Trinajstić information content (AvgIpc) is 2.68. The number of hydrogen-bond acceptors (Lipinski definition) is 4. The lowest BCUT2D eigenvalue weighted by Crippen LogP contribution is -2.41. The van der Waals surface area contributed by atoms with Crippen molar-refractivity contribution < 1.29 is 9.53 Å². The van der Waals surface area contributed by atoms with E-state index in [0.717, 1.165) is 11.3 Å². The summed E-state index contributed by atoms with van der Waals surface area (Å²) in [6, 6.07) is 11.3. The summed E-state index contributed by atoms with van der Waals surface area (Å²) in [4.78, 5) is 20.0. The number of guanidine groups is 1. The molecule has 7 heteroatoms. The van der Waals surface area contributed by atoms with E-state index in [0.29, 0.717) is 31.2 Å². The minimum absolute atomic E-state index is 0.144. The van der Waals surface area contributed by atoms with E-state index in [2.05, 4.69) is 25.9 Å². The summed E-state index contributed by atoms with van der Waals surface area (Å²) in [6.45, 7) is 1.66. The Kier molecular flexibility index (Phi) is 7.24. The molecule has 3 N–H and O–H groups in total. The fraction of sp³-hybridized carbons (Fsp3) is 0.278. The van der Waals surface area contributed by atoms with Gasteiger partial charge in [0.2, 0.25) is 0 Å². The van der Waals surface area contributed by atoms with Gasteiger partial charge in [-0.25, -0.2) is 0 Å². The molecule has 0 aliphatic rings. The fourth-order valence-corrected chi connectivity index (χ4v) is 2.14. The van der Waals surface area contributed by atoms with Gasteiger partial charge in [0, 0.05) is 39.1 Å². The zero-order chi connectivity index (χ0) is 17.9. The van der Waals surface area contributed by atoms with Crippen LogP contribution in [0.15, 0.2) is 53.8 Å². The third-order valence-corrected chi connectivity index (χ3v) is 3.44. The van der Waals surface area contributed by atoms with Crippen LogP contribution < -0.4 is 20.7 Å². The standard InChI is InChI=1S/C18H23N5O2/c1-19-18(23-12-14-5-3-7-16(11-14)25-2)22-10-9-21-17(24)15-6-4-8-20-13-15/h3-8,11,13H,9-10,12H2,1-2H3,(H,21,24)(H2,19,22,23). The maximum Gasteiger partial charge on any atom is 0.252 e. The Hall–Kier alpha value is -3.09. The number of pyridine rings is 1. The van der Waals surface area contributed by atoms with Crippen LogP contribution in [0.3, 0.4) is 0 Å². The number of hydrogen-bond donors (Lipinski definition) is 3. The molecule has 0 unspecified atom stereocenters. The number of benzene rings is 1. The highest BCUT2D eigenvalue weighted by Crippen LogP contribution is 2.11. The molecule has 25 heavy (non-hydrogen) atoms. The van der Waals surface area contributed by atoms with Crippen LogP contribution in [-0.2, 0) is 6.54 Å². The van der Waals surface area contributed by atoms with Gasteiger partial charge >= 0.3 is 0 Å². The Labute approximate surface area is 147 Å². The van der Waals surface area contributed by atoms with E-state index in [4.69, 9.17) is 4.74 Å². The smallest absolute Gasteiger partial charge is 0.252 e. The first-order valence-corrected chi connectivity index (χ1v) is 7.98. The second kappa shape index (κ2) is 9.92. The van der Waals surface area contributed by atoms with E-state index in [9.17, 15) is 4.79 Å². The highest BCUT2D eigenvalue weighted by molar-refractivity contribution is 5.93. The first kappa shape index (κ1) is 18.3. The van der Waals surface area contributed by atoms with Crippen LogP contribution in [0, 0.1) is 0 Å². The molecule has 0 atom stereocenters. The maximum absolute atomic E-state index is 11.9. The molecular formula is C18H23N5O2. The van der Waals surface area contributed by atoms with Gasteiger partial charge in [0.1, 0.15) is 5.75 Å². The van der Waals surface area contributed by atoms with Crippen molar-refractivity contribution in [3.63, 3.8) is 0 Å². The van der Waals surface area contributed by atoms with E-state index >= 15 is 0 Å². The van der Waals surface area contributed by atoms with Crippen LogP contribution >= 0.6 is 0 Å². The van der Waals surface area contributed by atoms with Crippen LogP contribution in [0.4, 0.5) is 0 Å². The highest BCUT2D eigenvalue weighted by Gasteiger charge is 2.04. The number of aromatic nitrogens is 1. The van der Waals surface area contributed by atoms with Crippen LogP contribution in [-0.4, -0.2) is 44.1 Å². The number of aliphatic imine (C=N–C) groups is 1. The Morgan fingerprint density at radius 1 is 1.16 bits per heavy atom. The van der Waals surface area contributed by atoms with Gasteiger partial charge in [-0.15, -0.1) is 0 Å². The lowest BCUT2D eigenvalue weighted by molar-refractivity contribution is 0.0954. The number of ether oxygens (including phenoxy) is 1. The maximum atomic E-state index is 11.9. The molecule has 0 aliphatic carbocycles. The summed E-state index contributed by atoms with van der Waals surface area (Å²) < 4.78 is 5.21. The Morgan fingerprint density at radius 3 is 2.72 bits per heavy atom. The molecule has 1 amide bonds. The Morgan fingerprint density at radius 2 is 2.00 bits per heavy atom. The monoisotopic (exact) mass is 341 g/mol. The molecule has 0 radical (unpaired) electrons. The molecule has 0 spiro atoms. The summed E-state index contributed by atoms with van der Waals surface area (Å²) >= 11 is 0. The molecular weight excluding hydrogens is 318 g/mol. The topological polar surface area (TPSA) is 87.6 Å². The van der Waals surface area contributed by atoms with E-state index in [1.807, 2.05) is 24.3 Å². The van der Waals surface area contributed by atoms with Crippen LogP contribution in [0.1, 0.15) is 15.9 Å². The molecule has 0 saturated heterocycles. The third kappa shape index (κ3) is 6.14. The zero-order valence-corrected chi connectivity index (χ0v) is 14.5. The highest BCUT2D eigenvalue weighted by atomic mass is 16.5. The van der Waals surface area contributed by atoms with Gasteiger partial charge in [-0.05, 0) is 29.8 Å². The SMILES string of the molecule is CN=C(NCCNC(=O)c1cccnc1)NCc1cccc(OC)c1. The van der Waals surface area contributed by atoms with Crippen molar-refractivity contribution in [1.29, 1.82) is 0 Å². The van der Waals surface area contributed by atoms with Crippen molar-refractivity contribution in [2.75, 3.05) is 27.2 Å². The van der Waals surface area contributed by atoms with Gasteiger partial charge < -0.3 is 20.7 Å². The average molecular weight is 341 g/mol. The number of methoxy groups -OCH3 is 1. The van der Waals surface area contributed by atoms with Crippen molar-refractivity contribution in [3.05, 3.63) is 59.9 Å². The molecule has 2 aromatic rings. The number of nitrogens with one attached hydrogen (secondary N) is 3. The van der Waals surface area contributed by atoms with Crippen molar-refractivity contribution in [2.24, 2.45) is 4.99 Å². The summed E-state index contributed by atoms with van der Waals surface area (Å²) in [5, 5.41) is 9.20. The van der Waals surface area contributed by atoms with E-state index in [1.165, 1.54) is 6.20 Å². The second-order valence-electron chi connectivity index (χ2n) is 5.20. The Balaban J connectivity index is 1.70. The molecule has 0 saturated carbocycles. The Bertz CT molecular complexity index is 704. The molecule has 0 aliphatic heterocycles. The van der Waals surface area contributed by atoms with Gasteiger partial charge in [0.25, 0.3) is 5.91 Å². The lowest BCUT2D eigenvalue weighted by atomic mass is 10.2. The minimum atomic E-state index is -0.144. The van der Waals surface area contributed by atoms with Crippen LogP contribution in [0.5, 0.6) is 5.75 Å². The predicted molar refractivity (Wildman–Crippen MR) is 97.8 cm³/mol. The van der Waals surface area contributed by atoms with Crippen LogP contribution in [0.2, 0.25) is 0 Å². The molecule has 0 bridgehead atoms. The number of carbonyl (C=O) groups is 1. The van der Waals surface area contributed by atoms with Gasteiger partial charge in [-0.3, -0.25) is 14.8 Å². The lowest BCUT2D eigenvalue weighted by Gasteiger charge is -2.13. The molecule has 2 rings (SSSR count). The first-order valence-electron chi connectivity index (χ1n) is 7.98. The number of rotatable bonds is 7.